The van der Waals surface area contributed by atoms with Crippen LogP contribution in [0.2, 0.25) is 0 Å². The zero-order chi connectivity index (χ0) is 16.3. The van der Waals surface area contributed by atoms with Gasteiger partial charge in [0.2, 0.25) is 0 Å². The molecule has 0 aliphatic heterocycles. The number of ether oxygens (including phenoxy) is 2. The van der Waals surface area contributed by atoms with Crippen molar-refractivity contribution in [2.45, 2.75) is 4.90 Å². The number of nitrogens with two attached hydrogens (primary N) is 1. The maximum Gasteiger partial charge on any atom is 0.340 e. The van der Waals surface area contributed by atoms with Gasteiger partial charge in [0.05, 0.1) is 24.6 Å². The van der Waals surface area contributed by atoms with Gasteiger partial charge in [-0.3, -0.25) is 4.98 Å². The minimum atomic E-state index is -3.73. The van der Waals surface area contributed by atoms with Gasteiger partial charge < -0.3 is 15.2 Å². The lowest BCUT2D eigenvalue weighted by Gasteiger charge is -2.14. The van der Waals surface area contributed by atoms with Crippen molar-refractivity contribution in [1.82, 2.24) is 4.98 Å². The first-order valence-corrected chi connectivity index (χ1v) is 8.02. The van der Waals surface area contributed by atoms with Gasteiger partial charge in [-0.05, 0) is 24.3 Å². The molecule has 0 spiro atoms. The maximum absolute atomic E-state index is 12.0. The van der Waals surface area contributed by atoms with E-state index in [4.69, 9.17) is 10.5 Å². The number of methoxy groups -OCH3 is 1. The molecule has 0 aliphatic carbocycles. The lowest BCUT2D eigenvalue weighted by Crippen LogP contribution is -2.11. The van der Waals surface area contributed by atoms with Crippen molar-refractivity contribution in [2.75, 3.05) is 19.1 Å². The zero-order valence-corrected chi connectivity index (χ0v) is 12.8. The third-order valence-electron chi connectivity index (χ3n) is 2.80. The van der Waals surface area contributed by atoms with Gasteiger partial charge in [-0.15, -0.1) is 0 Å². The summed E-state index contributed by atoms with van der Waals surface area (Å²) in [5, 5.41) is 0. The smallest absolute Gasteiger partial charge is 0.340 e. The van der Waals surface area contributed by atoms with Crippen LogP contribution >= 0.6 is 0 Å². The van der Waals surface area contributed by atoms with Crippen LogP contribution in [0.3, 0.4) is 0 Å². The predicted molar refractivity (Wildman–Crippen MR) is 79.6 cm³/mol. The highest BCUT2D eigenvalue weighted by Gasteiger charge is 2.24. The van der Waals surface area contributed by atoms with E-state index in [9.17, 15) is 13.2 Å². The van der Waals surface area contributed by atoms with E-state index in [-0.39, 0.29) is 21.9 Å². The minimum absolute atomic E-state index is 0.0145. The van der Waals surface area contributed by atoms with Crippen LogP contribution in [0, 0.1) is 0 Å². The molecule has 0 amide bonds. The molecule has 0 fully saturated rings. The van der Waals surface area contributed by atoms with E-state index in [2.05, 4.69) is 9.72 Å². The first-order valence-electron chi connectivity index (χ1n) is 6.13. The molecule has 0 radical (unpaired) electrons. The standard InChI is InChI=1S/C14H14N2O5S/c1-20-14(17)10-5-6-11(13(12(10)15)22(2,18)19)21-9-4-3-7-16-8-9/h3-8H,15H2,1-2H3. The summed E-state index contributed by atoms with van der Waals surface area (Å²) in [6.07, 6.45) is 3.96. The highest BCUT2D eigenvalue weighted by molar-refractivity contribution is 7.91. The summed E-state index contributed by atoms with van der Waals surface area (Å²) >= 11 is 0. The highest BCUT2D eigenvalue weighted by atomic mass is 32.2. The molecule has 0 saturated carbocycles. The first kappa shape index (κ1) is 15.8. The topological polar surface area (TPSA) is 109 Å². The summed E-state index contributed by atoms with van der Waals surface area (Å²) in [6, 6.07) is 5.96. The summed E-state index contributed by atoms with van der Waals surface area (Å²) in [7, 11) is -2.54. The lowest BCUT2D eigenvalue weighted by molar-refractivity contribution is 0.0601. The summed E-state index contributed by atoms with van der Waals surface area (Å²) in [6.45, 7) is 0. The Kier molecular flexibility index (Phi) is 4.32. The number of hydrogen-bond acceptors (Lipinski definition) is 7. The van der Waals surface area contributed by atoms with Gasteiger partial charge in [0, 0.05) is 12.5 Å². The molecule has 116 valence electrons. The number of carbonyl (C=O) groups is 1. The summed E-state index contributed by atoms with van der Waals surface area (Å²) in [5.74, 6) is -0.367. The molecule has 2 N–H and O–H groups in total. The molecule has 0 aliphatic rings. The van der Waals surface area contributed by atoms with E-state index in [1.807, 2.05) is 0 Å². The number of rotatable bonds is 4. The van der Waals surface area contributed by atoms with Crippen molar-refractivity contribution < 1.29 is 22.7 Å². The van der Waals surface area contributed by atoms with E-state index in [0.29, 0.717) is 5.75 Å². The Morgan fingerprint density at radius 1 is 1.27 bits per heavy atom. The fraction of sp³-hybridized carbons (Fsp3) is 0.143. The van der Waals surface area contributed by atoms with Crippen LogP contribution < -0.4 is 10.5 Å². The van der Waals surface area contributed by atoms with Gasteiger partial charge in [-0.2, -0.15) is 0 Å². The Hall–Kier alpha value is -2.61. The van der Waals surface area contributed by atoms with Crippen LogP contribution in [0.15, 0.2) is 41.6 Å². The number of benzene rings is 1. The molecule has 8 heteroatoms. The summed E-state index contributed by atoms with van der Waals surface area (Å²) in [4.78, 5) is 15.2. The Labute approximate surface area is 127 Å². The number of esters is 1. The van der Waals surface area contributed by atoms with E-state index < -0.39 is 15.8 Å². The second-order valence-electron chi connectivity index (χ2n) is 4.41. The number of sulfone groups is 1. The Morgan fingerprint density at radius 2 is 2.00 bits per heavy atom. The van der Waals surface area contributed by atoms with Crippen molar-refractivity contribution in [1.29, 1.82) is 0 Å². The van der Waals surface area contributed by atoms with Gasteiger partial charge >= 0.3 is 5.97 Å². The largest absolute Gasteiger partial charge is 0.465 e. The van der Waals surface area contributed by atoms with Crippen molar-refractivity contribution in [3.05, 3.63) is 42.2 Å². The van der Waals surface area contributed by atoms with Crippen LogP contribution in [0.1, 0.15) is 10.4 Å². The van der Waals surface area contributed by atoms with Gasteiger partial charge in [0.1, 0.15) is 16.4 Å². The number of aromatic nitrogens is 1. The van der Waals surface area contributed by atoms with Crippen molar-refractivity contribution in [3.8, 4) is 11.5 Å². The van der Waals surface area contributed by atoms with Gasteiger partial charge in [-0.1, -0.05) is 0 Å². The molecular formula is C14H14N2O5S. The number of nitrogens with zero attached hydrogens (tertiary/aromatic N) is 1. The number of pyridine rings is 1. The van der Waals surface area contributed by atoms with E-state index in [0.717, 1.165) is 6.26 Å². The Balaban J connectivity index is 2.60. The normalized spacial score (nSPS) is 11.0. The molecule has 0 atom stereocenters. The highest BCUT2D eigenvalue weighted by Crippen LogP contribution is 2.35. The molecule has 0 bridgehead atoms. The van der Waals surface area contributed by atoms with Gasteiger partial charge in [0.15, 0.2) is 9.84 Å². The fourth-order valence-electron chi connectivity index (χ4n) is 1.86. The number of anilines is 1. The van der Waals surface area contributed by atoms with Gasteiger partial charge in [-0.25, -0.2) is 13.2 Å². The monoisotopic (exact) mass is 322 g/mol. The van der Waals surface area contributed by atoms with Crippen LogP contribution in [-0.4, -0.2) is 32.7 Å². The maximum atomic E-state index is 12.0. The van der Waals surface area contributed by atoms with E-state index in [1.54, 1.807) is 18.3 Å². The average Bonchev–Trinajstić information content (AvgIpc) is 2.46. The van der Waals surface area contributed by atoms with E-state index >= 15 is 0 Å². The molecule has 22 heavy (non-hydrogen) atoms. The Bertz CT molecular complexity index is 803. The van der Waals surface area contributed by atoms with Gasteiger partial charge in [0.25, 0.3) is 0 Å². The molecular weight excluding hydrogens is 308 g/mol. The van der Waals surface area contributed by atoms with Crippen LogP contribution in [0.5, 0.6) is 11.5 Å². The molecule has 1 aromatic carbocycles. The second kappa shape index (κ2) is 6.02. The second-order valence-corrected chi connectivity index (χ2v) is 6.36. The zero-order valence-electron chi connectivity index (χ0n) is 11.9. The number of carbonyl (C=O) groups excluding carboxylic acids is 1. The van der Waals surface area contributed by atoms with Crippen LogP contribution in [0.4, 0.5) is 5.69 Å². The van der Waals surface area contributed by atoms with Crippen molar-refractivity contribution >= 4 is 21.5 Å². The summed E-state index contributed by atoms with van der Waals surface area (Å²) in [5.41, 5.74) is 5.57. The molecule has 7 nitrogen and oxygen atoms in total. The molecule has 2 aromatic rings. The first-order chi connectivity index (χ1) is 10.3. The molecule has 2 rings (SSSR count). The SMILES string of the molecule is COC(=O)c1ccc(Oc2cccnc2)c(S(C)(=O)=O)c1N. The average molecular weight is 322 g/mol. The van der Waals surface area contributed by atoms with Crippen molar-refractivity contribution in [3.63, 3.8) is 0 Å². The lowest BCUT2D eigenvalue weighted by atomic mass is 10.1. The quantitative estimate of drug-likeness (QED) is 0.673. The third-order valence-corrected chi connectivity index (χ3v) is 3.96. The number of hydrogen-bond donors (Lipinski definition) is 1. The van der Waals surface area contributed by atoms with Crippen LogP contribution in [0.25, 0.3) is 0 Å². The predicted octanol–water partition coefficient (Wildman–Crippen LogP) is 1.65. The molecule has 1 heterocycles. The van der Waals surface area contributed by atoms with Crippen LogP contribution in [-0.2, 0) is 14.6 Å². The van der Waals surface area contributed by atoms with E-state index in [1.165, 1.54) is 25.4 Å². The molecule has 0 saturated heterocycles. The fourth-order valence-corrected chi connectivity index (χ4v) is 2.85. The number of nitrogen functional groups attached to an aromatic ring is 1. The molecule has 1 aromatic heterocycles. The minimum Gasteiger partial charge on any atom is -0.465 e. The molecule has 0 unspecified atom stereocenters. The third kappa shape index (κ3) is 3.17. The summed E-state index contributed by atoms with van der Waals surface area (Å²) < 4.78 is 34.1. The van der Waals surface area contributed by atoms with Crippen molar-refractivity contribution in [2.24, 2.45) is 0 Å². The Morgan fingerprint density at radius 3 is 2.55 bits per heavy atom.